The summed E-state index contributed by atoms with van der Waals surface area (Å²) in [5, 5.41) is 10.9. The number of hydrogen-bond acceptors (Lipinski definition) is 5. The number of aliphatic hydroxyl groups is 1. The fraction of sp³-hybridized carbons (Fsp3) is 0.864. The Morgan fingerprint density at radius 2 is 1.74 bits per heavy atom. The number of fused-ring (bicyclic) bond motifs is 6. The molecule has 5 nitrogen and oxygen atoms in total. The predicted molar refractivity (Wildman–Crippen MR) is 101 cm³/mol. The lowest BCUT2D eigenvalue weighted by Gasteiger charge is -2.51. The van der Waals surface area contributed by atoms with E-state index >= 15 is 0 Å². The molecule has 152 valence electrons. The number of Topliss-reactive ketones (excluding diaryl/α,β-unsaturated/α-hetero) is 1. The normalized spacial score (nSPS) is 51.8. The monoisotopic (exact) mass is 378 g/mol. The molecule has 0 aromatic heterocycles. The quantitative estimate of drug-likeness (QED) is 0.696. The molecule has 27 heavy (non-hydrogen) atoms. The molecule has 1 N–H and O–H groups in total. The van der Waals surface area contributed by atoms with Crippen LogP contribution in [0.15, 0.2) is 11.8 Å². The van der Waals surface area contributed by atoms with Crippen molar-refractivity contribution in [3.8, 4) is 0 Å². The van der Waals surface area contributed by atoms with Crippen LogP contribution >= 0.6 is 0 Å². The van der Waals surface area contributed by atoms with Crippen molar-refractivity contribution in [2.24, 2.45) is 17.3 Å². The highest BCUT2D eigenvalue weighted by atomic mass is 16.8. The van der Waals surface area contributed by atoms with Crippen LogP contribution in [0.2, 0.25) is 0 Å². The second kappa shape index (κ2) is 5.80. The molecule has 0 aromatic carbocycles. The average Bonchev–Trinajstić information content (AvgIpc) is 2.86. The third-order valence-corrected chi connectivity index (χ3v) is 7.55. The zero-order valence-corrected chi connectivity index (χ0v) is 17.5. The van der Waals surface area contributed by atoms with E-state index in [0.717, 1.165) is 18.6 Å². The minimum atomic E-state index is -0.770. The van der Waals surface area contributed by atoms with Crippen molar-refractivity contribution < 1.29 is 24.1 Å². The fourth-order valence-corrected chi connectivity index (χ4v) is 5.50. The molecule has 5 rings (SSSR count). The Morgan fingerprint density at radius 1 is 1.04 bits per heavy atom. The van der Waals surface area contributed by atoms with Crippen molar-refractivity contribution in [1.29, 1.82) is 0 Å². The summed E-state index contributed by atoms with van der Waals surface area (Å²) in [4.78, 5) is 13.7. The van der Waals surface area contributed by atoms with Gasteiger partial charge in [0, 0.05) is 5.41 Å². The number of rotatable bonds is 0. The van der Waals surface area contributed by atoms with Crippen LogP contribution in [0.1, 0.15) is 73.6 Å². The summed E-state index contributed by atoms with van der Waals surface area (Å²) in [6.45, 7) is 11.9. The Bertz CT molecular complexity index is 680. The molecule has 3 fully saturated rings. The molecule has 1 saturated carbocycles. The van der Waals surface area contributed by atoms with Gasteiger partial charge in [-0.05, 0) is 71.8 Å². The summed E-state index contributed by atoms with van der Waals surface area (Å²) in [7, 11) is 0. The van der Waals surface area contributed by atoms with E-state index in [-0.39, 0.29) is 23.9 Å². The third kappa shape index (κ3) is 2.97. The zero-order chi connectivity index (χ0) is 19.8. The van der Waals surface area contributed by atoms with Crippen molar-refractivity contribution in [3.05, 3.63) is 11.8 Å². The molecular formula is C22H34O5. The molecule has 0 amide bonds. The summed E-state index contributed by atoms with van der Waals surface area (Å²) in [6, 6.07) is 0. The molecule has 2 saturated heterocycles. The Kier molecular flexibility index (Phi) is 4.17. The van der Waals surface area contributed by atoms with Gasteiger partial charge in [-0.3, -0.25) is 4.79 Å². The van der Waals surface area contributed by atoms with Gasteiger partial charge in [0.25, 0.3) is 0 Å². The van der Waals surface area contributed by atoms with Crippen molar-refractivity contribution in [2.45, 2.75) is 103 Å². The number of ketones is 1. The van der Waals surface area contributed by atoms with Crippen molar-refractivity contribution in [2.75, 3.05) is 0 Å². The van der Waals surface area contributed by atoms with Crippen LogP contribution in [0, 0.1) is 17.3 Å². The summed E-state index contributed by atoms with van der Waals surface area (Å²) in [5.74, 6) is -0.163. The van der Waals surface area contributed by atoms with Gasteiger partial charge in [0.15, 0.2) is 11.6 Å². The highest BCUT2D eigenvalue weighted by Crippen LogP contribution is 2.54. The molecule has 5 heteroatoms. The van der Waals surface area contributed by atoms with Crippen LogP contribution in [0.25, 0.3) is 0 Å². The average molecular weight is 379 g/mol. The van der Waals surface area contributed by atoms with Crippen molar-refractivity contribution in [1.82, 2.24) is 0 Å². The van der Waals surface area contributed by atoms with E-state index in [4.69, 9.17) is 14.2 Å². The molecule has 0 spiro atoms. The van der Waals surface area contributed by atoms with Gasteiger partial charge in [-0.15, -0.1) is 0 Å². The van der Waals surface area contributed by atoms with Gasteiger partial charge in [-0.1, -0.05) is 13.8 Å². The topological polar surface area (TPSA) is 65.0 Å². The van der Waals surface area contributed by atoms with Crippen molar-refractivity contribution in [3.63, 3.8) is 0 Å². The van der Waals surface area contributed by atoms with Crippen LogP contribution in [0.3, 0.4) is 0 Å². The predicted octanol–water partition coefficient (Wildman–Crippen LogP) is 3.74. The Labute approximate surface area is 162 Å². The molecular weight excluding hydrogens is 344 g/mol. The molecule has 5 aliphatic rings. The summed E-state index contributed by atoms with van der Waals surface area (Å²) < 4.78 is 19.1. The molecule has 1 unspecified atom stereocenters. The van der Waals surface area contributed by atoms with E-state index in [1.807, 2.05) is 27.7 Å². The van der Waals surface area contributed by atoms with Crippen LogP contribution in [-0.4, -0.2) is 40.1 Å². The van der Waals surface area contributed by atoms with E-state index in [0.29, 0.717) is 19.3 Å². The minimum absolute atomic E-state index is 0.0580. The van der Waals surface area contributed by atoms with Gasteiger partial charge >= 0.3 is 0 Å². The van der Waals surface area contributed by atoms with Crippen LogP contribution in [0.4, 0.5) is 0 Å². The SMILES string of the molecule is C[C@@H]1C=C2O[C@]3(C)CCC[C@@](C)(O)CC[C@]1(C)C(=O)C2[C@H]1OC(C)(C)O[C@H]13. The summed E-state index contributed by atoms with van der Waals surface area (Å²) in [5.41, 5.74) is -1.87. The maximum atomic E-state index is 13.7. The number of allylic oxidation sites excluding steroid dienone is 1. The van der Waals surface area contributed by atoms with E-state index in [1.54, 1.807) is 0 Å². The largest absolute Gasteiger partial charge is 0.489 e. The lowest BCUT2D eigenvalue weighted by Crippen LogP contribution is -2.60. The van der Waals surface area contributed by atoms with E-state index in [2.05, 4.69) is 19.9 Å². The first kappa shape index (κ1) is 19.4. The van der Waals surface area contributed by atoms with Gasteiger partial charge in [-0.25, -0.2) is 0 Å². The summed E-state index contributed by atoms with van der Waals surface area (Å²) in [6.07, 6.45) is 5.11. The number of hydrogen-bond donors (Lipinski definition) is 1. The second-order valence-electron chi connectivity index (χ2n) is 10.4. The molecule has 7 atom stereocenters. The lowest BCUT2D eigenvalue weighted by molar-refractivity contribution is -0.177. The first-order valence-corrected chi connectivity index (χ1v) is 10.4. The molecule has 0 aromatic rings. The molecule has 0 radical (unpaired) electrons. The highest BCUT2D eigenvalue weighted by molar-refractivity contribution is 5.91. The first-order valence-electron chi connectivity index (χ1n) is 10.4. The molecule has 3 aliphatic heterocycles. The van der Waals surface area contributed by atoms with Crippen LogP contribution in [-0.2, 0) is 19.0 Å². The zero-order valence-electron chi connectivity index (χ0n) is 17.5. The van der Waals surface area contributed by atoms with Crippen molar-refractivity contribution >= 4 is 5.78 Å². The maximum Gasteiger partial charge on any atom is 0.164 e. The first-order chi connectivity index (χ1) is 12.4. The van der Waals surface area contributed by atoms with E-state index in [1.165, 1.54) is 0 Å². The number of carbonyl (C=O) groups excluding carboxylic acids is 1. The number of carbonyl (C=O) groups is 1. The Balaban J connectivity index is 1.84. The third-order valence-electron chi connectivity index (χ3n) is 7.55. The van der Waals surface area contributed by atoms with Gasteiger partial charge in [0.2, 0.25) is 0 Å². The van der Waals surface area contributed by atoms with E-state index in [9.17, 15) is 9.90 Å². The lowest BCUT2D eigenvalue weighted by atomic mass is 9.60. The molecule has 4 bridgehead atoms. The smallest absolute Gasteiger partial charge is 0.164 e. The second-order valence-corrected chi connectivity index (χ2v) is 10.4. The van der Waals surface area contributed by atoms with Gasteiger partial charge < -0.3 is 19.3 Å². The van der Waals surface area contributed by atoms with Gasteiger partial charge in [0.05, 0.1) is 5.60 Å². The molecule has 3 heterocycles. The summed E-state index contributed by atoms with van der Waals surface area (Å²) >= 11 is 0. The van der Waals surface area contributed by atoms with Gasteiger partial charge in [-0.2, -0.15) is 0 Å². The Morgan fingerprint density at radius 3 is 2.44 bits per heavy atom. The Hall–Kier alpha value is -0.910. The van der Waals surface area contributed by atoms with Crippen LogP contribution < -0.4 is 0 Å². The molecule has 2 aliphatic carbocycles. The van der Waals surface area contributed by atoms with Gasteiger partial charge in [0.1, 0.15) is 29.5 Å². The van der Waals surface area contributed by atoms with E-state index < -0.39 is 28.3 Å². The highest BCUT2D eigenvalue weighted by Gasteiger charge is 2.64. The minimum Gasteiger partial charge on any atom is -0.489 e. The number of ether oxygens (including phenoxy) is 3. The standard InChI is InChI=1S/C22H34O5/c1-13-12-14-15-16-18(27-19(2,3)26-16)22(6,25-14)9-7-8-20(4,24)10-11-21(13,5)17(15)23/h12-13,15-16,18,24H,7-11H2,1-6H3/t13-,15?,16-,18-,20-,21+,22-/m1/s1. The maximum absolute atomic E-state index is 13.7. The van der Waals surface area contributed by atoms with Crippen LogP contribution in [0.5, 0.6) is 0 Å². The fourth-order valence-electron chi connectivity index (χ4n) is 5.50.